The van der Waals surface area contributed by atoms with Crippen LogP contribution in [0.4, 0.5) is 5.69 Å². The van der Waals surface area contributed by atoms with Crippen molar-refractivity contribution in [1.82, 2.24) is 5.32 Å². The number of hydrogen-bond acceptors (Lipinski definition) is 4. The normalized spacial score (nSPS) is 9.95. The third-order valence-electron chi connectivity index (χ3n) is 2.81. The lowest BCUT2D eigenvalue weighted by atomic mass is 10.2. The highest BCUT2D eigenvalue weighted by Crippen LogP contribution is 2.16. The lowest BCUT2D eigenvalue weighted by Crippen LogP contribution is -2.36. The molecule has 0 aliphatic rings. The molecule has 0 atom stereocenters. The van der Waals surface area contributed by atoms with E-state index >= 15 is 0 Å². The van der Waals surface area contributed by atoms with Crippen LogP contribution in [0.3, 0.4) is 0 Å². The number of ether oxygens (including phenoxy) is 1. The van der Waals surface area contributed by atoms with Gasteiger partial charge in [-0.25, -0.2) is 0 Å². The van der Waals surface area contributed by atoms with Gasteiger partial charge in [0.15, 0.2) is 0 Å². The number of rotatable bonds is 5. The number of hydrogen-bond donors (Lipinski definition) is 2. The van der Waals surface area contributed by atoms with Crippen molar-refractivity contribution in [1.29, 1.82) is 0 Å². The zero-order valence-corrected chi connectivity index (χ0v) is 11.6. The van der Waals surface area contributed by atoms with Gasteiger partial charge in [0.05, 0.1) is 19.6 Å². The summed E-state index contributed by atoms with van der Waals surface area (Å²) < 4.78 is 9.96. The number of benzene rings is 1. The van der Waals surface area contributed by atoms with Crippen LogP contribution >= 0.6 is 0 Å². The Kier molecular flexibility index (Phi) is 4.98. The Hall–Kier alpha value is -2.76. The Morgan fingerprint density at radius 2 is 2.10 bits per heavy atom. The fraction of sp³-hybridized carbons (Fsp3) is 0.200. The molecule has 0 unspecified atom stereocenters. The summed E-state index contributed by atoms with van der Waals surface area (Å²) in [5, 5.41) is 5.06. The third kappa shape index (κ3) is 4.38. The topological polar surface area (TPSA) is 80.6 Å². The van der Waals surface area contributed by atoms with E-state index in [0.717, 1.165) is 5.56 Å². The molecular formula is C15H16N2O4. The zero-order valence-electron chi connectivity index (χ0n) is 11.6. The predicted molar refractivity (Wildman–Crippen MR) is 77.0 cm³/mol. The molecule has 1 aromatic heterocycles. The van der Waals surface area contributed by atoms with E-state index in [-0.39, 0.29) is 0 Å². The molecule has 0 spiro atoms. The van der Waals surface area contributed by atoms with Gasteiger partial charge >= 0.3 is 11.8 Å². The monoisotopic (exact) mass is 288 g/mol. The standard InChI is InChI=1S/C15H16N2O4/c1-20-13-4-2-3-12(9-13)17-15(19)14(18)16-7-5-11-6-8-21-10-11/h2-4,6,8-10H,5,7H2,1H3,(H,16,18)(H,17,19). The number of anilines is 1. The molecule has 110 valence electrons. The molecule has 0 bridgehead atoms. The average Bonchev–Trinajstić information content (AvgIpc) is 3.00. The minimum atomic E-state index is -0.713. The SMILES string of the molecule is COc1cccc(NC(=O)C(=O)NCCc2ccoc2)c1. The Labute approximate surface area is 122 Å². The van der Waals surface area contributed by atoms with Crippen LogP contribution in [0, 0.1) is 0 Å². The first-order valence-corrected chi connectivity index (χ1v) is 6.43. The smallest absolute Gasteiger partial charge is 0.313 e. The fourth-order valence-electron chi connectivity index (χ4n) is 1.72. The summed E-state index contributed by atoms with van der Waals surface area (Å²) >= 11 is 0. The summed E-state index contributed by atoms with van der Waals surface area (Å²) in [6.07, 6.45) is 3.77. The van der Waals surface area contributed by atoms with Gasteiger partial charge in [0, 0.05) is 18.3 Å². The molecule has 0 saturated heterocycles. The number of amides is 2. The third-order valence-corrected chi connectivity index (χ3v) is 2.81. The van der Waals surface area contributed by atoms with E-state index in [2.05, 4.69) is 10.6 Å². The van der Waals surface area contributed by atoms with Crippen molar-refractivity contribution in [3.8, 4) is 5.75 Å². The van der Waals surface area contributed by atoms with Gasteiger partial charge in [-0.3, -0.25) is 9.59 Å². The summed E-state index contributed by atoms with van der Waals surface area (Å²) in [5.74, 6) is -0.787. The van der Waals surface area contributed by atoms with E-state index < -0.39 is 11.8 Å². The second-order valence-corrected chi connectivity index (χ2v) is 4.32. The summed E-state index contributed by atoms with van der Waals surface area (Å²) in [4.78, 5) is 23.4. The van der Waals surface area contributed by atoms with Crippen molar-refractivity contribution in [3.63, 3.8) is 0 Å². The molecule has 2 amide bonds. The minimum absolute atomic E-state index is 0.365. The van der Waals surface area contributed by atoms with Gasteiger partial charge in [0.2, 0.25) is 0 Å². The van der Waals surface area contributed by atoms with E-state index in [4.69, 9.17) is 9.15 Å². The van der Waals surface area contributed by atoms with Crippen molar-refractivity contribution in [2.75, 3.05) is 19.0 Å². The lowest BCUT2D eigenvalue weighted by molar-refractivity contribution is -0.136. The van der Waals surface area contributed by atoms with Crippen molar-refractivity contribution < 1.29 is 18.7 Å². The highest BCUT2D eigenvalue weighted by Gasteiger charge is 2.13. The lowest BCUT2D eigenvalue weighted by Gasteiger charge is -2.07. The Bertz CT molecular complexity index is 608. The number of carbonyl (C=O) groups is 2. The largest absolute Gasteiger partial charge is 0.497 e. The van der Waals surface area contributed by atoms with E-state index in [1.54, 1.807) is 36.8 Å². The molecule has 21 heavy (non-hydrogen) atoms. The van der Waals surface area contributed by atoms with Gasteiger partial charge in [-0.1, -0.05) is 6.07 Å². The van der Waals surface area contributed by atoms with Crippen molar-refractivity contribution >= 4 is 17.5 Å². The molecule has 1 heterocycles. The van der Waals surface area contributed by atoms with Gasteiger partial charge < -0.3 is 19.8 Å². The van der Waals surface area contributed by atoms with Crippen LogP contribution in [-0.4, -0.2) is 25.5 Å². The number of nitrogens with one attached hydrogen (secondary N) is 2. The number of furan rings is 1. The zero-order chi connectivity index (χ0) is 15.1. The second-order valence-electron chi connectivity index (χ2n) is 4.32. The summed E-state index contributed by atoms with van der Waals surface area (Å²) in [6, 6.07) is 8.60. The van der Waals surface area contributed by atoms with Gasteiger partial charge in [-0.05, 0) is 30.2 Å². The highest BCUT2D eigenvalue weighted by atomic mass is 16.5. The van der Waals surface area contributed by atoms with E-state index in [1.807, 2.05) is 6.07 Å². The molecule has 0 aliphatic carbocycles. The molecule has 6 heteroatoms. The summed E-state index contributed by atoms with van der Waals surface area (Å²) in [7, 11) is 1.53. The predicted octanol–water partition coefficient (Wildman–Crippen LogP) is 1.59. The van der Waals surface area contributed by atoms with Crippen molar-refractivity contribution in [3.05, 3.63) is 48.4 Å². The van der Waals surface area contributed by atoms with E-state index in [1.165, 1.54) is 7.11 Å². The average molecular weight is 288 g/mol. The molecule has 0 fully saturated rings. The first-order chi connectivity index (χ1) is 10.2. The van der Waals surface area contributed by atoms with Crippen LogP contribution < -0.4 is 15.4 Å². The van der Waals surface area contributed by atoms with Gasteiger partial charge in [0.25, 0.3) is 0 Å². The Morgan fingerprint density at radius 1 is 1.24 bits per heavy atom. The van der Waals surface area contributed by atoms with Crippen LogP contribution in [0.2, 0.25) is 0 Å². The Morgan fingerprint density at radius 3 is 2.81 bits per heavy atom. The molecular weight excluding hydrogens is 272 g/mol. The van der Waals surface area contributed by atoms with E-state index in [0.29, 0.717) is 24.4 Å². The molecule has 2 N–H and O–H groups in total. The quantitative estimate of drug-likeness (QED) is 0.819. The first-order valence-electron chi connectivity index (χ1n) is 6.43. The molecule has 2 aromatic rings. The minimum Gasteiger partial charge on any atom is -0.497 e. The summed E-state index contributed by atoms with van der Waals surface area (Å²) in [6.45, 7) is 0.365. The molecule has 0 radical (unpaired) electrons. The highest BCUT2D eigenvalue weighted by molar-refractivity contribution is 6.39. The molecule has 0 aliphatic heterocycles. The molecule has 0 saturated carbocycles. The second kappa shape index (κ2) is 7.14. The molecule has 1 aromatic carbocycles. The van der Waals surface area contributed by atoms with Crippen molar-refractivity contribution in [2.24, 2.45) is 0 Å². The first kappa shape index (κ1) is 14.6. The maximum atomic E-state index is 11.7. The maximum absolute atomic E-state index is 11.7. The van der Waals surface area contributed by atoms with Crippen LogP contribution in [0.5, 0.6) is 5.75 Å². The number of methoxy groups -OCH3 is 1. The van der Waals surface area contributed by atoms with Crippen LogP contribution in [0.15, 0.2) is 47.3 Å². The van der Waals surface area contributed by atoms with Gasteiger partial charge in [-0.15, -0.1) is 0 Å². The van der Waals surface area contributed by atoms with Crippen LogP contribution in [-0.2, 0) is 16.0 Å². The van der Waals surface area contributed by atoms with Gasteiger partial charge in [0.1, 0.15) is 5.75 Å². The molecule has 2 rings (SSSR count). The van der Waals surface area contributed by atoms with Gasteiger partial charge in [-0.2, -0.15) is 0 Å². The maximum Gasteiger partial charge on any atom is 0.313 e. The van der Waals surface area contributed by atoms with Crippen LogP contribution in [0.25, 0.3) is 0 Å². The molecule has 6 nitrogen and oxygen atoms in total. The summed E-state index contributed by atoms with van der Waals surface area (Å²) in [5.41, 5.74) is 1.47. The number of carbonyl (C=O) groups excluding carboxylic acids is 2. The van der Waals surface area contributed by atoms with Crippen molar-refractivity contribution in [2.45, 2.75) is 6.42 Å². The van der Waals surface area contributed by atoms with Crippen LogP contribution in [0.1, 0.15) is 5.56 Å². The Balaban J connectivity index is 1.80. The fourth-order valence-corrected chi connectivity index (χ4v) is 1.72. The van der Waals surface area contributed by atoms with E-state index in [9.17, 15) is 9.59 Å².